The summed E-state index contributed by atoms with van der Waals surface area (Å²) in [5.41, 5.74) is 4.40. The molecular weight excluding hydrogens is 212 g/mol. The minimum absolute atomic E-state index is 0.364. The molecule has 17 heavy (non-hydrogen) atoms. The van der Waals surface area contributed by atoms with Crippen molar-refractivity contribution < 1.29 is 9.90 Å². The molecule has 0 aliphatic heterocycles. The van der Waals surface area contributed by atoms with Crippen LogP contribution in [-0.4, -0.2) is 11.1 Å². The summed E-state index contributed by atoms with van der Waals surface area (Å²) < 4.78 is 0. The minimum atomic E-state index is -0.878. The third kappa shape index (κ3) is 2.21. The number of rotatable bonds is 2. The van der Waals surface area contributed by atoms with Gasteiger partial charge in [0.25, 0.3) is 0 Å². The zero-order chi connectivity index (χ0) is 12.4. The van der Waals surface area contributed by atoms with E-state index in [0.29, 0.717) is 5.56 Å². The van der Waals surface area contributed by atoms with Crippen LogP contribution >= 0.6 is 0 Å². The smallest absolute Gasteiger partial charge is 0.335 e. The second-order valence-electron chi connectivity index (χ2n) is 4.15. The topological polar surface area (TPSA) is 37.3 Å². The highest BCUT2D eigenvalue weighted by Gasteiger charge is 2.10. The van der Waals surface area contributed by atoms with Crippen LogP contribution < -0.4 is 0 Å². The Labute approximate surface area is 101 Å². The van der Waals surface area contributed by atoms with E-state index in [-0.39, 0.29) is 0 Å². The average molecular weight is 226 g/mol. The van der Waals surface area contributed by atoms with Gasteiger partial charge in [-0.15, -0.1) is 0 Å². The number of carboxylic acid groups (broad SMARTS) is 1. The van der Waals surface area contributed by atoms with Crippen LogP contribution in [0.15, 0.2) is 42.5 Å². The van der Waals surface area contributed by atoms with Gasteiger partial charge >= 0.3 is 5.97 Å². The molecule has 0 unspecified atom stereocenters. The number of aromatic carboxylic acids is 1. The van der Waals surface area contributed by atoms with Crippen LogP contribution in [0, 0.1) is 13.8 Å². The molecule has 0 amide bonds. The number of aryl methyl sites for hydroxylation is 1. The zero-order valence-corrected chi connectivity index (χ0v) is 9.90. The monoisotopic (exact) mass is 226 g/mol. The summed E-state index contributed by atoms with van der Waals surface area (Å²) in [5, 5.41) is 9.08. The molecule has 0 aliphatic carbocycles. The molecule has 86 valence electrons. The lowest BCUT2D eigenvalue weighted by Crippen LogP contribution is -2.00. The Morgan fingerprint density at radius 2 is 1.65 bits per heavy atom. The molecule has 2 rings (SSSR count). The summed E-state index contributed by atoms with van der Waals surface area (Å²) in [4.78, 5) is 11.1. The Kier molecular flexibility index (Phi) is 2.96. The van der Waals surface area contributed by atoms with Gasteiger partial charge < -0.3 is 5.11 Å². The summed E-state index contributed by atoms with van der Waals surface area (Å²) in [6.07, 6.45) is 0. The Hall–Kier alpha value is -2.09. The predicted molar refractivity (Wildman–Crippen MR) is 68.3 cm³/mol. The summed E-state index contributed by atoms with van der Waals surface area (Å²) >= 11 is 0. The fourth-order valence-corrected chi connectivity index (χ4v) is 1.91. The highest BCUT2D eigenvalue weighted by Crippen LogP contribution is 2.25. The first-order chi connectivity index (χ1) is 8.09. The predicted octanol–water partition coefficient (Wildman–Crippen LogP) is 3.67. The fraction of sp³-hybridized carbons (Fsp3) is 0.133. The van der Waals surface area contributed by atoms with E-state index >= 15 is 0 Å². The Morgan fingerprint density at radius 1 is 1.00 bits per heavy atom. The Balaban J connectivity index is 2.56. The first-order valence-corrected chi connectivity index (χ1v) is 5.49. The van der Waals surface area contributed by atoms with Crippen molar-refractivity contribution >= 4 is 5.97 Å². The highest BCUT2D eigenvalue weighted by molar-refractivity contribution is 5.92. The molecule has 0 spiro atoms. The molecule has 0 radical (unpaired) electrons. The summed E-state index contributed by atoms with van der Waals surface area (Å²) in [6.45, 7) is 3.88. The van der Waals surface area contributed by atoms with Crippen LogP contribution in [0.3, 0.4) is 0 Å². The van der Waals surface area contributed by atoms with Gasteiger partial charge in [0.15, 0.2) is 0 Å². The fourth-order valence-electron chi connectivity index (χ4n) is 1.91. The molecule has 0 fully saturated rings. The van der Waals surface area contributed by atoms with Gasteiger partial charge in [-0.05, 0) is 36.6 Å². The third-order valence-electron chi connectivity index (χ3n) is 2.93. The van der Waals surface area contributed by atoms with Crippen molar-refractivity contribution in [1.82, 2.24) is 0 Å². The van der Waals surface area contributed by atoms with E-state index in [2.05, 4.69) is 0 Å². The standard InChI is InChI=1S/C15H14O2/c1-10-6-8-12(9-7-10)13-4-3-5-14(11(13)2)15(16)17/h3-9H,1-2H3,(H,16,17). The van der Waals surface area contributed by atoms with E-state index < -0.39 is 5.97 Å². The number of hydrogen-bond donors (Lipinski definition) is 1. The van der Waals surface area contributed by atoms with Gasteiger partial charge in [-0.2, -0.15) is 0 Å². The molecule has 0 bridgehead atoms. The first-order valence-electron chi connectivity index (χ1n) is 5.49. The molecule has 2 heteroatoms. The van der Waals surface area contributed by atoms with E-state index in [9.17, 15) is 4.79 Å². The van der Waals surface area contributed by atoms with E-state index in [1.54, 1.807) is 12.1 Å². The number of carboxylic acids is 1. The maximum atomic E-state index is 11.1. The molecule has 2 nitrogen and oxygen atoms in total. The van der Waals surface area contributed by atoms with Crippen molar-refractivity contribution in [2.45, 2.75) is 13.8 Å². The van der Waals surface area contributed by atoms with E-state index in [1.165, 1.54) is 5.56 Å². The second-order valence-corrected chi connectivity index (χ2v) is 4.15. The van der Waals surface area contributed by atoms with Crippen molar-refractivity contribution in [2.24, 2.45) is 0 Å². The van der Waals surface area contributed by atoms with Gasteiger partial charge in [0.2, 0.25) is 0 Å². The van der Waals surface area contributed by atoms with Crippen LogP contribution in [0.4, 0.5) is 0 Å². The lowest BCUT2D eigenvalue weighted by Gasteiger charge is -2.09. The van der Waals surface area contributed by atoms with E-state index in [1.807, 2.05) is 44.2 Å². The van der Waals surface area contributed by atoms with Crippen molar-refractivity contribution in [3.05, 3.63) is 59.2 Å². The molecule has 0 heterocycles. The Morgan fingerprint density at radius 3 is 2.24 bits per heavy atom. The second kappa shape index (κ2) is 4.42. The van der Waals surface area contributed by atoms with Crippen LogP contribution in [0.25, 0.3) is 11.1 Å². The normalized spacial score (nSPS) is 10.2. The van der Waals surface area contributed by atoms with Crippen molar-refractivity contribution in [3.8, 4) is 11.1 Å². The lowest BCUT2D eigenvalue weighted by atomic mass is 9.96. The van der Waals surface area contributed by atoms with Crippen molar-refractivity contribution in [1.29, 1.82) is 0 Å². The quantitative estimate of drug-likeness (QED) is 0.848. The third-order valence-corrected chi connectivity index (χ3v) is 2.93. The van der Waals surface area contributed by atoms with Gasteiger partial charge in [0, 0.05) is 0 Å². The van der Waals surface area contributed by atoms with Gasteiger partial charge in [-0.25, -0.2) is 4.79 Å². The van der Waals surface area contributed by atoms with E-state index in [0.717, 1.165) is 16.7 Å². The molecule has 0 aromatic heterocycles. The van der Waals surface area contributed by atoms with Crippen molar-refractivity contribution in [3.63, 3.8) is 0 Å². The van der Waals surface area contributed by atoms with Crippen LogP contribution in [0.1, 0.15) is 21.5 Å². The minimum Gasteiger partial charge on any atom is -0.478 e. The molecule has 2 aromatic carbocycles. The summed E-state index contributed by atoms with van der Waals surface area (Å²) in [5.74, 6) is -0.878. The zero-order valence-electron chi connectivity index (χ0n) is 9.90. The molecule has 0 saturated heterocycles. The summed E-state index contributed by atoms with van der Waals surface area (Å²) in [6, 6.07) is 13.5. The number of hydrogen-bond acceptors (Lipinski definition) is 1. The van der Waals surface area contributed by atoms with Gasteiger partial charge in [0.1, 0.15) is 0 Å². The molecule has 0 saturated carbocycles. The van der Waals surface area contributed by atoms with Crippen LogP contribution in [0.5, 0.6) is 0 Å². The van der Waals surface area contributed by atoms with Gasteiger partial charge in [-0.3, -0.25) is 0 Å². The molecular formula is C15H14O2. The molecule has 2 aromatic rings. The average Bonchev–Trinajstić information content (AvgIpc) is 2.30. The maximum Gasteiger partial charge on any atom is 0.335 e. The molecule has 1 N–H and O–H groups in total. The van der Waals surface area contributed by atoms with Gasteiger partial charge in [-0.1, -0.05) is 42.0 Å². The summed E-state index contributed by atoms with van der Waals surface area (Å²) in [7, 11) is 0. The number of carbonyl (C=O) groups is 1. The van der Waals surface area contributed by atoms with Crippen molar-refractivity contribution in [2.75, 3.05) is 0 Å². The number of benzene rings is 2. The SMILES string of the molecule is Cc1ccc(-c2cccc(C(=O)O)c2C)cc1. The first kappa shape index (κ1) is 11.4. The molecule has 0 aliphatic rings. The Bertz CT molecular complexity index is 554. The lowest BCUT2D eigenvalue weighted by molar-refractivity contribution is 0.0696. The van der Waals surface area contributed by atoms with Crippen LogP contribution in [-0.2, 0) is 0 Å². The van der Waals surface area contributed by atoms with Crippen LogP contribution in [0.2, 0.25) is 0 Å². The maximum absolute atomic E-state index is 11.1. The molecule has 0 atom stereocenters. The largest absolute Gasteiger partial charge is 0.478 e. The van der Waals surface area contributed by atoms with Gasteiger partial charge in [0.05, 0.1) is 5.56 Å². The van der Waals surface area contributed by atoms with E-state index in [4.69, 9.17) is 5.11 Å². The highest BCUT2D eigenvalue weighted by atomic mass is 16.4.